The molecule has 1 aromatic carbocycles. The van der Waals surface area contributed by atoms with Crippen molar-refractivity contribution in [2.24, 2.45) is 0 Å². The van der Waals surface area contributed by atoms with Crippen molar-refractivity contribution in [3.8, 4) is 11.5 Å². The van der Waals surface area contributed by atoms with Gasteiger partial charge >= 0.3 is 5.69 Å². The van der Waals surface area contributed by atoms with E-state index in [1.165, 1.54) is 25.3 Å². The third-order valence-corrected chi connectivity index (χ3v) is 1.76. The van der Waals surface area contributed by atoms with Gasteiger partial charge in [-0.05, 0) is 6.07 Å². The van der Waals surface area contributed by atoms with Crippen molar-refractivity contribution in [1.82, 2.24) is 0 Å². The first kappa shape index (κ1) is 10.0. The highest BCUT2D eigenvalue weighted by molar-refractivity contribution is 5.67. The highest BCUT2D eigenvalue weighted by Gasteiger charge is 2.20. The van der Waals surface area contributed by atoms with Gasteiger partial charge in [0.1, 0.15) is 0 Å². The van der Waals surface area contributed by atoms with Crippen LogP contribution in [0.25, 0.3) is 6.08 Å². The zero-order valence-electron chi connectivity index (χ0n) is 7.56. The Bertz CT molecular complexity index is 387. The number of methoxy groups -OCH3 is 1. The Labute approximate surface area is 80.4 Å². The summed E-state index contributed by atoms with van der Waals surface area (Å²) in [6.45, 7) is 3.46. The quantitative estimate of drug-likeness (QED) is 0.591. The van der Waals surface area contributed by atoms with Gasteiger partial charge in [0.2, 0.25) is 5.75 Å². The van der Waals surface area contributed by atoms with E-state index in [2.05, 4.69) is 6.58 Å². The van der Waals surface area contributed by atoms with Crippen molar-refractivity contribution in [2.45, 2.75) is 0 Å². The summed E-state index contributed by atoms with van der Waals surface area (Å²) in [5.41, 5.74) is 0.128. The first-order chi connectivity index (χ1) is 6.61. The SMILES string of the molecule is C=Cc1ccc([N+](=O)[O-])c(OC)c1O. The second-order valence-corrected chi connectivity index (χ2v) is 2.52. The van der Waals surface area contributed by atoms with Gasteiger partial charge in [-0.15, -0.1) is 0 Å². The number of aromatic hydroxyl groups is 1. The number of benzene rings is 1. The molecule has 74 valence electrons. The molecule has 0 unspecified atom stereocenters. The van der Waals surface area contributed by atoms with E-state index in [1.807, 2.05) is 0 Å². The predicted octanol–water partition coefficient (Wildman–Crippen LogP) is 1.95. The Balaban J connectivity index is 3.43. The van der Waals surface area contributed by atoms with Gasteiger partial charge in [0, 0.05) is 11.6 Å². The van der Waals surface area contributed by atoms with E-state index >= 15 is 0 Å². The number of phenolic OH excluding ortho intramolecular Hbond substituents is 1. The lowest BCUT2D eigenvalue weighted by Crippen LogP contribution is -1.94. The van der Waals surface area contributed by atoms with Crippen LogP contribution in [-0.4, -0.2) is 17.1 Å². The standard InChI is InChI=1S/C9H9NO4/c1-3-6-4-5-7(10(12)13)9(14-2)8(6)11/h3-5,11H,1H2,2H3. The highest BCUT2D eigenvalue weighted by Crippen LogP contribution is 2.38. The fourth-order valence-corrected chi connectivity index (χ4v) is 1.09. The molecular weight excluding hydrogens is 186 g/mol. The minimum atomic E-state index is -0.620. The maximum absolute atomic E-state index is 10.5. The van der Waals surface area contributed by atoms with E-state index in [0.717, 1.165) is 0 Å². The molecule has 5 heteroatoms. The number of phenols is 1. The smallest absolute Gasteiger partial charge is 0.314 e. The maximum Gasteiger partial charge on any atom is 0.314 e. The van der Waals surface area contributed by atoms with Gasteiger partial charge in [0.25, 0.3) is 0 Å². The summed E-state index contributed by atoms with van der Waals surface area (Å²) in [5.74, 6) is -0.413. The molecule has 0 aliphatic heterocycles. The van der Waals surface area contributed by atoms with Gasteiger partial charge in [0.15, 0.2) is 5.75 Å². The van der Waals surface area contributed by atoms with Crippen molar-refractivity contribution in [2.75, 3.05) is 7.11 Å². The van der Waals surface area contributed by atoms with E-state index in [1.54, 1.807) is 0 Å². The highest BCUT2D eigenvalue weighted by atomic mass is 16.6. The lowest BCUT2D eigenvalue weighted by atomic mass is 10.1. The van der Waals surface area contributed by atoms with Gasteiger partial charge < -0.3 is 9.84 Å². The lowest BCUT2D eigenvalue weighted by molar-refractivity contribution is -0.385. The van der Waals surface area contributed by atoms with E-state index in [0.29, 0.717) is 5.56 Å². The molecule has 0 aliphatic carbocycles. The number of nitro benzene ring substituents is 1. The average Bonchev–Trinajstić information content (AvgIpc) is 2.17. The summed E-state index contributed by atoms with van der Waals surface area (Å²) in [6, 6.07) is 2.67. The van der Waals surface area contributed by atoms with Crippen LogP contribution in [-0.2, 0) is 0 Å². The van der Waals surface area contributed by atoms with Crippen LogP contribution in [0.5, 0.6) is 11.5 Å². The largest absolute Gasteiger partial charge is 0.504 e. The number of hydrogen-bond acceptors (Lipinski definition) is 4. The first-order valence-corrected chi connectivity index (χ1v) is 3.78. The van der Waals surface area contributed by atoms with Crippen LogP contribution in [0, 0.1) is 10.1 Å². The van der Waals surface area contributed by atoms with E-state index in [-0.39, 0.29) is 17.2 Å². The van der Waals surface area contributed by atoms with Crippen molar-refractivity contribution >= 4 is 11.8 Å². The van der Waals surface area contributed by atoms with E-state index in [4.69, 9.17) is 4.74 Å². The summed E-state index contributed by atoms with van der Waals surface area (Å²) in [6.07, 6.45) is 1.39. The fourth-order valence-electron chi connectivity index (χ4n) is 1.09. The Morgan fingerprint density at radius 2 is 2.29 bits per heavy atom. The molecule has 5 nitrogen and oxygen atoms in total. The van der Waals surface area contributed by atoms with Crippen LogP contribution in [0.4, 0.5) is 5.69 Å². The molecule has 0 spiro atoms. The lowest BCUT2D eigenvalue weighted by Gasteiger charge is -2.05. The number of hydrogen-bond donors (Lipinski definition) is 1. The predicted molar refractivity (Wildman–Crippen MR) is 51.4 cm³/mol. The molecule has 0 aromatic heterocycles. The second-order valence-electron chi connectivity index (χ2n) is 2.52. The molecule has 0 saturated heterocycles. The zero-order valence-corrected chi connectivity index (χ0v) is 7.56. The molecule has 0 aliphatic rings. The molecule has 1 aromatic rings. The van der Waals surface area contributed by atoms with E-state index < -0.39 is 4.92 Å². The molecule has 1 N–H and O–H groups in total. The third kappa shape index (κ3) is 1.52. The van der Waals surface area contributed by atoms with Crippen LogP contribution in [0.15, 0.2) is 18.7 Å². The molecule has 0 saturated carbocycles. The second kappa shape index (κ2) is 3.78. The zero-order chi connectivity index (χ0) is 10.7. The summed E-state index contributed by atoms with van der Waals surface area (Å²) >= 11 is 0. The van der Waals surface area contributed by atoms with Crippen LogP contribution in [0.2, 0.25) is 0 Å². The molecule has 0 atom stereocenters. The van der Waals surface area contributed by atoms with Gasteiger partial charge in [-0.25, -0.2) is 0 Å². The summed E-state index contributed by atoms with van der Waals surface area (Å²) in [5, 5.41) is 20.0. The van der Waals surface area contributed by atoms with Crippen LogP contribution in [0.3, 0.4) is 0 Å². The molecule has 0 amide bonds. The summed E-state index contributed by atoms with van der Waals surface area (Å²) in [7, 11) is 1.26. The topological polar surface area (TPSA) is 72.6 Å². The van der Waals surface area contributed by atoms with Gasteiger partial charge in [-0.2, -0.15) is 0 Å². The van der Waals surface area contributed by atoms with Crippen molar-refractivity contribution in [1.29, 1.82) is 0 Å². The minimum Gasteiger partial charge on any atom is -0.504 e. The van der Waals surface area contributed by atoms with Gasteiger partial charge in [-0.3, -0.25) is 10.1 Å². The van der Waals surface area contributed by atoms with Gasteiger partial charge in [-0.1, -0.05) is 12.7 Å². The van der Waals surface area contributed by atoms with Crippen molar-refractivity contribution in [3.63, 3.8) is 0 Å². The van der Waals surface area contributed by atoms with E-state index in [9.17, 15) is 15.2 Å². The summed E-state index contributed by atoms with van der Waals surface area (Å²) in [4.78, 5) is 9.90. The molecule has 1 rings (SSSR count). The monoisotopic (exact) mass is 195 g/mol. The van der Waals surface area contributed by atoms with Crippen molar-refractivity contribution < 1.29 is 14.8 Å². The Hall–Kier alpha value is -2.04. The summed E-state index contributed by atoms with van der Waals surface area (Å²) < 4.78 is 4.74. The third-order valence-electron chi connectivity index (χ3n) is 1.76. The Morgan fingerprint density at radius 3 is 2.71 bits per heavy atom. The normalized spacial score (nSPS) is 9.50. The van der Waals surface area contributed by atoms with Crippen LogP contribution >= 0.6 is 0 Å². The minimum absolute atomic E-state index is 0.146. The Morgan fingerprint density at radius 1 is 1.64 bits per heavy atom. The number of rotatable bonds is 3. The maximum atomic E-state index is 10.5. The molecule has 14 heavy (non-hydrogen) atoms. The molecule has 0 fully saturated rings. The number of nitrogens with zero attached hydrogens (tertiary/aromatic N) is 1. The number of ether oxygens (including phenoxy) is 1. The first-order valence-electron chi connectivity index (χ1n) is 3.78. The van der Waals surface area contributed by atoms with Crippen LogP contribution in [0.1, 0.15) is 5.56 Å². The molecule has 0 bridgehead atoms. The fraction of sp³-hybridized carbons (Fsp3) is 0.111. The number of nitro groups is 1. The Kier molecular flexibility index (Phi) is 2.71. The molecule has 0 radical (unpaired) electrons. The molecular formula is C9H9NO4. The van der Waals surface area contributed by atoms with Crippen LogP contribution < -0.4 is 4.74 Å². The van der Waals surface area contributed by atoms with Crippen molar-refractivity contribution in [3.05, 3.63) is 34.4 Å². The van der Waals surface area contributed by atoms with Gasteiger partial charge in [0.05, 0.1) is 12.0 Å². The molecule has 0 heterocycles. The average molecular weight is 195 g/mol.